The first kappa shape index (κ1) is 57.4. The average Bonchev–Trinajstić information content (AvgIpc) is 3.35. The molecule has 0 bridgehead atoms. The average molecular weight is 1250 g/mol. The molecule has 84 heavy (non-hydrogen) atoms. The van der Waals surface area contributed by atoms with Crippen LogP contribution in [0.15, 0.2) is 191 Å². The number of methoxy groups -OCH3 is 2. The van der Waals surface area contributed by atoms with Gasteiger partial charge in [0.25, 0.3) is 0 Å². The number of pyridine rings is 4. The van der Waals surface area contributed by atoms with E-state index in [-0.39, 0.29) is 5.78 Å². The normalized spacial score (nSPS) is 16.4. The second-order valence-corrected chi connectivity index (χ2v) is 24.3. The smallest absolute Gasteiger partial charge is 0.218 e. The Balaban J connectivity index is 1.05. The summed E-state index contributed by atoms with van der Waals surface area (Å²) in [4.78, 5) is 52.3. The zero-order valence-electron chi connectivity index (χ0n) is 48.1. The molecule has 4 unspecified atom stereocenters. The maximum atomic E-state index is 17.4. The summed E-state index contributed by atoms with van der Waals surface area (Å²) in [5.74, 6) is 1.27. The molecule has 4 aromatic heterocycles. The van der Waals surface area contributed by atoms with Gasteiger partial charge >= 0.3 is 0 Å². The van der Waals surface area contributed by atoms with Crippen molar-refractivity contribution in [2.45, 2.75) is 37.3 Å². The maximum absolute atomic E-state index is 17.4. The Morgan fingerprint density at radius 1 is 0.488 bits per heavy atom. The number of likely N-dealkylation sites (N-methyl/N-ethyl adjacent to an activating group) is 2. The number of benzene rings is 6. The van der Waals surface area contributed by atoms with E-state index in [1.165, 1.54) is 0 Å². The van der Waals surface area contributed by atoms with E-state index < -0.39 is 24.2 Å². The molecular formula is C69H70Br2N10O3. The summed E-state index contributed by atoms with van der Waals surface area (Å²) in [5.41, 5.74) is 9.70. The van der Waals surface area contributed by atoms with Crippen LogP contribution in [0.1, 0.15) is 45.5 Å². The summed E-state index contributed by atoms with van der Waals surface area (Å²) in [6.07, 6.45) is 3.71. The number of aromatic nitrogens is 4. The Morgan fingerprint density at radius 2 is 0.905 bits per heavy atom. The zero-order chi connectivity index (χ0) is 57.7. The molecule has 2 fully saturated rings. The van der Waals surface area contributed by atoms with E-state index in [1.54, 1.807) is 14.2 Å². The summed E-state index contributed by atoms with van der Waals surface area (Å²) in [7, 11) is 7.79. The highest BCUT2D eigenvalue weighted by atomic mass is 79.9. The minimum absolute atomic E-state index is 0.192. The molecule has 12 rings (SSSR count). The number of halogens is 2. The molecule has 13 nitrogen and oxygen atoms in total. The third-order valence-corrected chi connectivity index (χ3v) is 18.1. The van der Waals surface area contributed by atoms with Crippen LogP contribution in [-0.4, -0.2) is 161 Å². The second-order valence-electron chi connectivity index (χ2n) is 22.4. The Hall–Kier alpha value is -7.05. The number of ether oxygens (including phenoxy) is 2. The fourth-order valence-corrected chi connectivity index (χ4v) is 13.5. The lowest BCUT2D eigenvalue weighted by Crippen LogP contribution is -2.63. The van der Waals surface area contributed by atoms with Gasteiger partial charge in [-0.05, 0) is 109 Å². The standard InChI is InChI=1S/C69H70Br2N10O3/c1-76-31-35-78(36-32-76)63(45-80(43-49-19-11-23-61-55(49)21-13-29-72-61)65(47-15-7-5-8-16-47)57-41-51-39-53(70)25-27-59(51)74-68(57)83-3)67(82)64(79-37-33-77(2)34-38-79)46-81(44-50-20-12-24-62-56(50)22-14-30-73-62)66(48-17-9-6-10-18-48)58-42-52-40-54(71)26-28-60(52)75-69(58)84-4/h5-30,39-42,63-66H,31-38,43-46H2,1-4H3. The lowest BCUT2D eigenvalue weighted by molar-refractivity contribution is -0.133. The molecule has 0 radical (unpaired) electrons. The number of ketones is 1. The van der Waals surface area contributed by atoms with Crippen LogP contribution in [0.25, 0.3) is 43.6 Å². The van der Waals surface area contributed by atoms with Crippen LogP contribution in [0, 0.1) is 0 Å². The molecule has 0 N–H and O–H groups in total. The van der Waals surface area contributed by atoms with Gasteiger partial charge in [0.1, 0.15) is 0 Å². The fourth-order valence-electron chi connectivity index (χ4n) is 12.7. The van der Waals surface area contributed by atoms with Crippen LogP contribution in [0.2, 0.25) is 0 Å². The third-order valence-electron chi connectivity index (χ3n) is 17.1. The predicted octanol–water partition coefficient (Wildman–Crippen LogP) is 12.1. The first-order valence-corrected chi connectivity index (χ1v) is 30.6. The van der Waals surface area contributed by atoms with Gasteiger partial charge in [-0.2, -0.15) is 0 Å². The summed E-state index contributed by atoms with van der Waals surface area (Å²) < 4.78 is 14.6. The van der Waals surface area contributed by atoms with Crippen molar-refractivity contribution in [2.24, 2.45) is 0 Å². The minimum atomic E-state index is -0.552. The van der Waals surface area contributed by atoms with Gasteiger partial charge in [-0.25, -0.2) is 9.97 Å². The van der Waals surface area contributed by atoms with E-state index in [9.17, 15) is 0 Å². The van der Waals surface area contributed by atoms with Gasteiger partial charge < -0.3 is 19.3 Å². The molecule has 10 aromatic rings. The van der Waals surface area contributed by atoms with Crippen molar-refractivity contribution in [2.75, 3.05) is 93.8 Å². The lowest BCUT2D eigenvalue weighted by atomic mass is 9.92. The molecule has 2 aliphatic heterocycles. The van der Waals surface area contributed by atoms with Crippen molar-refractivity contribution in [1.82, 2.24) is 49.3 Å². The highest BCUT2D eigenvalue weighted by molar-refractivity contribution is 9.10. The van der Waals surface area contributed by atoms with Crippen molar-refractivity contribution in [3.8, 4) is 11.8 Å². The monoisotopic (exact) mass is 1240 g/mol. The Bertz CT molecular complexity index is 3660. The molecule has 4 atom stereocenters. The number of rotatable bonds is 20. The molecule has 15 heteroatoms. The largest absolute Gasteiger partial charge is 0.481 e. The molecule has 0 amide bonds. The molecule has 6 aromatic carbocycles. The van der Waals surface area contributed by atoms with Crippen LogP contribution in [0.3, 0.4) is 0 Å². The highest BCUT2D eigenvalue weighted by Gasteiger charge is 2.42. The Kier molecular flexibility index (Phi) is 17.8. The number of nitrogens with zero attached hydrogens (tertiary/aromatic N) is 10. The van der Waals surface area contributed by atoms with E-state index in [0.29, 0.717) is 37.9 Å². The van der Waals surface area contributed by atoms with E-state index in [1.807, 2.05) is 48.8 Å². The lowest BCUT2D eigenvalue weighted by Gasteiger charge is -2.46. The Labute approximate surface area is 509 Å². The van der Waals surface area contributed by atoms with Gasteiger partial charge in [0.2, 0.25) is 11.8 Å². The first-order valence-electron chi connectivity index (χ1n) is 29.0. The fraction of sp³-hybridized carbons (Fsp3) is 0.290. The van der Waals surface area contributed by atoms with E-state index >= 15 is 4.79 Å². The van der Waals surface area contributed by atoms with Gasteiger partial charge in [-0.15, -0.1) is 0 Å². The van der Waals surface area contributed by atoms with Crippen molar-refractivity contribution >= 4 is 81.3 Å². The maximum Gasteiger partial charge on any atom is 0.218 e. The molecule has 428 valence electrons. The number of carbonyl (C=O) groups is 1. The minimum Gasteiger partial charge on any atom is -0.481 e. The molecule has 6 heterocycles. The van der Waals surface area contributed by atoms with Crippen LogP contribution >= 0.6 is 31.9 Å². The number of fused-ring (bicyclic) bond motifs is 4. The Morgan fingerprint density at radius 3 is 1.31 bits per heavy atom. The summed E-state index contributed by atoms with van der Waals surface area (Å²) >= 11 is 7.54. The predicted molar refractivity (Wildman–Crippen MR) is 344 cm³/mol. The summed E-state index contributed by atoms with van der Waals surface area (Å²) in [6, 6.07) is 57.4. The van der Waals surface area contributed by atoms with Crippen molar-refractivity contribution in [3.05, 3.63) is 225 Å². The molecule has 0 spiro atoms. The van der Waals surface area contributed by atoms with Gasteiger partial charge in [0.05, 0.1) is 60.5 Å². The molecule has 2 aliphatic rings. The van der Waals surface area contributed by atoms with Gasteiger partial charge in [0, 0.05) is 133 Å². The highest BCUT2D eigenvalue weighted by Crippen LogP contribution is 2.41. The van der Waals surface area contributed by atoms with E-state index in [2.05, 4.69) is 209 Å². The van der Waals surface area contributed by atoms with Crippen molar-refractivity contribution < 1.29 is 14.3 Å². The number of hydrogen-bond acceptors (Lipinski definition) is 13. The van der Waals surface area contributed by atoms with Gasteiger partial charge in [-0.3, -0.25) is 34.4 Å². The van der Waals surface area contributed by atoms with Crippen molar-refractivity contribution in [1.29, 1.82) is 0 Å². The van der Waals surface area contributed by atoms with Crippen molar-refractivity contribution in [3.63, 3.8) is 0 Å². The van der Waals surface area contributed by atoms with Crippen LogP contribution < -0.4 is 9.47 Å². The second kappa shape index (κ2) is 26.1. The summed E-state index contributed by atoms with van der Waals surface area (Å²) in [6.45, 7) is 8.05. The molecular weight excluding hydrogens is 1180 g/mol. The topological polar surface area (TPSA) is 107 Å². The third kappa shape index (κ3) is 12.5. The van der Waals surface area contributed by atoms with Crippen LogP contribution in [0.4, 0.5) is 0 Å². The van der Waals surface area contributed by atoms with Gasteiger partial charge in [-0.1, -0.05) is 129 Å². The van der Waals surface area contributed by atoms with Gasteiger partial charge in [0.15, 0.2) is 5.78 Å². The molecule has 0 aliphatic carbocycles. The molecule has 2 saturated heterocycles. The SMILES string of the molecule is COc1nc2ccc(Br)cc2cc1C(c1ccccc1)N(Cc1cccc2ncccc12)CC(C(=O)C(CN(Cc1cccc2ncccc12)C(c1ccccc1)c1cc2cc(Br)ccc2nc1OC)N1CCN(C)CC1)N1CCN(C)CC1. The van der Waals surface area contributed by atoms with E-state index in [4.69, 9.17) is 29.4 Å². The molecule has 0 saturated carbocycles. The first-order chi connectivity index (χ1) is 41.1. The number of Topliss-reactive ketones (excluding diaryl/α,β-unsaturated/α-hetero) is 1. The number of piperazine rings is 2. The summed E-state index contributed by atoms with van der Waals surface area (Å²) in [5, 5.41) is 4.11. The number of carbonyl (C=O) groups excluding carboxylic acids is 1. The van der Waals surface area contributed by atoms with E-state index in [0.717, 1.165) is 138 Å². The number of hydrogen-bond donors (Lipinski definition) is 0. The van der Waals surface area contributed by atoms with Crippen LogP contribution in [0.5, 0.6) is 11.8 Å². The quantitative estimate of drug-likeness (QED) is 0.0723. The zero-order valence-corrected chi connectivity index (χ0v) is 51.2. The van der Waals surface area contributed by atoms with Crippen LogP contribution in [-0.2, 0) is 17.9 Å².